The van der Waals surface area contributed by atoms with Crippen molar-refractivity contribution in [2.24, 2.45) is 0 Å². The minimum atomic E-state index is 0.289. The van der Waals surface area contributed by atoms with Gasteiger partial charge in [-0.2, -0.15) is 0 Å². The van der Waals surface area contributed by atoms with Crippen molar-refractivity contribution in [3.8, 4) is 0 Å². The first-order valence-electron chi connectivity index (χ1n) is 6.97. The fourth-order valence-corrected chi connectivity index (χ4v) is 2.13. The molecule has 2 heteroatoms. The van der Waals surface area contributed by atoms with E-state index in [4.69, 9.17) is 0 Å². The van der Waals surface area contributed by atoms with Gasteiger partial charge < -0.3 is 5.32 Å². The van der Waals surface area contributed by atoms with Crippen LogP contribution in [-0.4, -0.2) is 4.98 Å². The van der Waals surface area contributed by atoms with Crippen molar-refractivity contribution in [1.29, 1.82) is 0 Å². The summed E-state index contributed by atoms with van der Waals surface area (Å²) < 4.78 is 0. The van der Waals surface area contributed by atoms with E-state index in [9.17, 15) is 0 Å². The number of hydrogen-bond acceptors (Lipinski definition) is 2. The van der Waals surface area contributed by atoms with Crippen LogP contribution in [-0.2, 0) is 0 Å². The Bertz CT molecular complexity index is 490. The molecule has 0 bridgehead atoms. The molecule has 0 aliphatic rings. The number of benzene rings is 1. The molecule has 0 amide bonds. The number of pyridine rings is 1. The molecule has 2 aromatic rings. The molecule has 0 fully saturated rings. The maximum Gasteiger partial charge on any atom is 0.0486 e. The van der Waals surface area contributed by atoms with Crippen molar-refractivity contribution in [2.45, 2.75) is 39.2 Å². The van der Waals surface area contributed by atoms with Crippen molar-refractivity contribution < 1.29 is 0 Å². The number of hydrogen-bond donors (Lipinski definition) is 1. The Morgan fingerprint density at radius 2 is 1.58 bits per heavy atom. The summed E-state index contributed by atoms with van der Waals surface area (Å²) >= 11 is 0. The van der Waals surface area contributed by atoms with Crippen LogP contribution in [0.4, 0.5) is 5.69 Å². The summed E-state index contributed by atoms with van der Waals surface area (Å²) in [6, 6.07) is 13.2. The van der Waals surface area contributed by atoms with E-state index in [2.05, 4.69) is 55.3 Å². The van der Waals surface area contributed by atoms with Crippen LogP contribution < -0.4 is 5.32 Å². The molecule has 1 aromatic heterocycles. The Labute approximate surface area is 115 Å². The van der Waals surface area contributed by atoms with Crippen LogP contribution in [0.5, 0.6) is 0 Å². The SMILES string of the molecule is CCC(C)c1ccc(NC(C)c2ccncc2)cc1. The molecule has 2 rings (SSSR count). The molecule has 0 spiro atoms. The zero-order chi connectivity index (χ0) is 13.7. The quantitative estimate of drug-likeness (QED) is 0.831. The van der Waals surface area contributed by atoms with Gasteiger partial charge >= 0.3 is 0 Å². The lowest BCUT2D eigenvalue weighted by Crippen LogP contribution is -2.06. The molecule has 2 atom stereocenters. The van der Waals surface area contributed by atoms with Gasteiger partial charge in [0.25, 0.3) is 0 Å². The van der Waals surface area contributed by atoms with Crippen molar-refractivity contribution in [1.82, 2.24) is 4.98 Å². The van der Waals surface area contributed by atoms with Crippen LogP contribution in [0.2, 0.25) is 0 Å². The second-order valence-electron chi connectivity index (χ2n) is 5.08. The van der Waals surface area contributed by atoms with E-state index < -0.39 is 0 Å². The van der Waals surface area contributed by atoms with Crippen LogP contribution in [0.25, 0.3) is 0 Å². The molecule has 1 heterocycles. The highest BCUT2D eigenvalue weighted by Gasteiger charge is 2.06. The molecule has 19 heavy (non-hydrogen) atoms. The third-order valence-corrected chi connectivity index (χ3v) is 3.68. The zero-order valence-corrected chi connectivity index (χ0v) is 11.9. The van der Waals surface area contributed by atoms with E-state index in [1.165, 1.54) is 17.5 Å². The fourth-order valence-electron chi connectivity index (χ4n) is 2.13. The first-order valence-corrected chi connectivity index (χ1v) is 6.97. The lowest BCUT2D eigenvalue weighted by molar-refractivity contribution is 0.733. The lowest BCUT2D eigenvalue weighted by atomic mass is 9.98. The molecule has 100 valence electrons. The van der Waals surface area contributed by atoms with E-state index in [-0.39, 0.29) is 6.04 Å². The van der Waals surface area contributed by atoms with E-state index in [1.807, 2.05) is 24.5 Å². The highest BCUT2D eigenvalue weighted by Crippen LogP contribution is 2.23. The van der Waals surface area contributed by atoms with Crippen LogP contribution in [0.15, 0.2) is 48.8 Å². The van der Waals surface area contributed by atoms with Gasteiger partial charge in [0.05, 0.1) is 0 Å². The van der Waals surface area contributed by atoms with Gasteiger partial charge in [-0.05, 0) is 54.7 Å². The van der Waals surface area contributed by atoms with Crippen molar-refractivity contribution in [3.05, 3.63) is 59.9 Å². The van der Waals surface area contributed by atoms with Gasteiger partial charge in [0, 0.05) is 24.1 Å². The normalized spacial score (nSPS) is 13.8. The first kappa shape index (κ1) is 13.6. The van der Waals surface area contributed by atoms with Gasteiger partial charge in [0.1, 0.15) is 0 Å². The van der Waals surface area contributed by atoms with Gasteiger partial charge in [-0.3, -0.25) is 4.98 Å². The number of nitrogens with one attached hydrogen (secondary N) is 1. The maximum absolute atomic E-state index is 4.05. The minimum Gasteiger partial charge on any atom is -0.379 e. The van der Waals surface area contributed by atoms with Crippen molar-refractivity contribution in [2.75, 3.05) is 5.32 Å². The van der Waals surface area contributed by atoms with Crippen LogP contribution in [0, 0.1) is 0 Å². The topological polar surface area (TPSA) is 24.9 Å². The highest BCUT2D eigenvalue weighted by atomic mass is 14.9. The lowest BCUT2D eigenvalue weighted by Gasteiger charge is -2.16. The van der Waals surface area contributed by atoms with Crippen LogP contribution in [0.3, 0.4) is 0 Å². The largest absolute Gasteiger partial charge is 0.379 e. The third kappa shape index (κ3) is 3.57. The number of nitrogens with zero attached hydrogens (tertiary/aromatic N) is 1. The minimum absolute atomic E-state index is 0.289. The molecule has 2 unspecified atom stereocenters. The number of aromatic nitrogens is 1. The summed E-state index contributed by atoms with van der Waals surface area (Å²) in [6.45, 7) is 6.66. The fraction of sp³-hybridized carbons (Fsp3) is 0.353. The predicted octanol–water partition coefficient (Wildman–Crippen LogP) is 4.77. The number of rotatable bonds is 5. The Kier molecular flexibility index (Phi) is 4.56. The average Bonchev–Trinajstić information content (AvgIpc) is 2.48. The molecule has 1 aromatic carbocycles. The monoisotopic (exact) mass is 254 g/mol. The molecule has 0 aliphatic heterocycles. The molecule has 2 nitrogen and oxygen atoms in total. The molecular formula is C17H22N2. The second-order valence-corrected chi connectivity index (χ2v) is 5.08. The molecule has 0 radical (unpaired) electrons. The Morgan fingerprint density at radius 1 is 0.947 bits per heavy atom. The van der Waals surface area contributed by atoms with Gasteiger partial charge in [0.2, 0.25) is 0 Å². The standard InChI is InChI=1S/C17H22N2/c1-4-13(2)15-5-7-17(8-6-15)19-14(3)16-9-11-18-12-10-16/h5-14,19H,4H2,1-3H3. The first-order chi connectivity index (χ1) is 9.20. The second kappa shape index (κ2) is 6.37. The Hall–Kier alpha value is -1.83. The zero-order valence-electron chi connectivity index (χ0n) is 11.9. The van der Waals surface area contributed by atoms with E-state index in [0.29, 0.717) is 5.92 Å². The van der Waals surface area contributed by atoms with E-state index in [0.717, 1.165) is 5.69 Å². The molecule has 0 saturated heterocycles. The highest BCUT2D eigenvalue weighted by molar-refractivity contribution is 5.47. The summed E-state index contributed by atoms with van der Waals surface area (Å²) in [7, 11) is 0. The average molecular weight is 254 g/mol. The maximum atomic E-state index is 4.05. The van der Waals surface area contributed by atoms with Crippen molar-refractivity contribution >= 4 is 5.69 Å². The van der Waals surface area contributed by atoms with Gasteiger partial charge in [0.15, 0.2) is 0 Å². The molecule has 0 saturated carbocycles. The predicted molar refractivity (Wildman–Crippen MR) is 81.4 cm³/mol. The summed E-state index contributed by atoms with van der Waals surface area (Å²) in [4.78, 5) is 4.05. The third-order valence-electron chi connectivity index (χ3n) is 3.68. The molecular weight excluding hydrogens is 232 g/mol. The number of anilines is 1. The summed E-state index contributed by atoms with van der Waals surface area (Å²) in [5.41, 5.74) is 3.82. The van der Waals surface area contributed by atoms with E-state index in [1.54, 1.807) is 0 Å². The summed E-state index contributed by atoms with van der Waals surface area (Å²) in [5.74, 6) is 0.631. The van der Waals surface area contributed by atoms with Gasteiger partial charge in [-0.1, -0.05) is 26.0 Å². The van der Waals surface area contributed by atoms with Crippen LogP contribution >= 0.6 is 0 Å². The summed E-state index contributed by atoms with van der Waals surface area (Å²) in [5, 5.41) is 3.51. The van der Waals surface area contributed by atoms with Crippen molar-refractivity contribution in [3.63, 3.8) is 0 Å². The molecule has 0 aliphatic carbocycles. The van der Waals surface area contributed by atoms with Gasteiger partial charge in [-0.25, -0.2) is 0 Å². The summed E-state index contributed by atoms with van der Waals surface area (Å²) in [6.07, 6.45) is 4.85. The van der Waals surface area contributed by atoms with E-state index >= 15 is 0 Å². The Balaban J connectivity index is 2.04. The Morgan fingerprint density at radius 3 is 2.16 bits per heavy atom. The molecule has 1 N–H and O–H groups in total. The van der Waals surface area contributed by atoms with Crippen LogP contribution in [0.1, 0.15) is 50.3 Å². The smallest absolute Gasteiger partial charge is 0.0486 e. The van der Waals surface area contributed by atoms with Gasteiger partial charge in [-0.15, -0.1) is 0 Å².